The van der Waals surface area contributed by atoms with Crippen LogP contribution in [0.25, 0.3) is 11.1 Å². The molecule has 1 unspecified atom stereocenters. The molecule has 0 radical (unpaired) electrons. The summed E-state index contributed by atoms with van der Waals surface area (Å²) in [6, 6.07) is 15.0. The Morgan fingerprint density at radius 3 is 2.67 bits per heavy atom. The molecule has 2 aliphatic rings. The van der Waals surface area contributed by atoms with Crippen LogP contribution in [0.4, 0.5) is 0 Å². The van der Waals surface area contributed by atoms with Crippen LogP contribution in [0.15, 0.2) is 61.1 Å². The molecule has 5 rings (SSSR count). The van der Waals surface area contributed by atoms with Crippen molar-refractivity contribution in [2.75, 3.05) is 13.1 Å². The number of hydrogen-bond donors (Lipinski definition) is 1. The summed E-state index contributed by atoms with van der Waals surface area (Å²) in [5, 5.41) is 10.1. The number of amides is 1. The number of aromatic nitrogens is 2. The fourth-order valence-electron chi connectivity index (χ4n) is 4.59. The topological polar surface area (TPSA) is 66.3 Å². The van der Waals surface area contributed by atoms with Gasteiger partial charge in [0.15, 0.2) is 0 Å². The monoisotopic (exact) mass is 399 g/mol. The van der Waals surface area contributed by atoms with Gasteiger partial charge in [-0.15, -0.1) is 0 Å². The molecule has 1 aromatic heterocycles. The van der Waals surface area contributed by atoms with Crippen LogP contribution in [0.2, 0.25) is 0 Å². The normalized spacial score (nSPS) is 18.6. The van der Waals surface area contributed by atoms with Crippen molar-refractivity contribution in [2.24, 2.45) is 0 Å². The summed E-state index contributed by atoms with van der Waals surface area (Å²) in [5.41, 5.74) is 6.32. The van der Waals surface area contributed by atoms with E-state index in [0.29, 0.717) is 24.7 Å². The zero-order valence-electron chi connectivity index (χ0n) is 16.9. The van der Waals surface area contributed by atoms with Crippen molar-refractivity contribution in [3.63, 3.8) is 0 Å². The van der Waals surface area contributed by atoms with Crippen LogP contribution in [-0.4, -0.2) is 39.0 Å². The van der Waals surface area contributed by atoms with Gasteiger partial charge in [0, 0.05) is 31.4 Å². The molecule has 0 spiro atoms. The van der Waals surface area contributed by atoms with Crippen LogP contribution in [0.1, 0.15) is 58.3 Å². The van der Waals surface area contributed by atoms with Crippen molar-refractivity contribution in [3.05, 3.63) is 83.4 Å². The van der Waals surface area contributed by atoms with Crippen LogP contribution in [-0.2, 0) is 6.61 Å². The van der Waals surface area contributed by atoms with Gasteiger partial charge in [-0.3, -0.25) is 9.78 Å². The lowest BCUT2D eigenvalue weighted by Crippen LogP contribution is -2.29. The predicted molar refractivity (Wildman–Crippen MR) is 115 cm³/mol. The Bertz CT molecular complexity index is 1060. The van der Waals surface area contributed by atoms with E-state index in [0.717, 1.165) is 23.1 Å². The molecule has 2 heterocycles. The number of carbonyl (C=O) groups is 1. The van der Waals surface area contributed by atoms with Crippen LogP contribution in [0, 0.1) is 0 Å². The van der Waals surface area contributed by atoms with Gasteiger partial charge in [-0.2, -0.15) is 0 Å². The number of hydrogen-bond acceptors (Lipinski definition) is 4. The van der Waals surface area contributed by atoms with E-state index in [-0.39, 0.29) is 18.4 Å². The van der Waals surface area contributed by atoms with E-state index < -0.39 is 0 Å². The quantitative estimate of drug-likeness (QED) is 0.700. The highest BCUT2D eigenvalue weighted by atomic mass is 16.3. The molecule has 30 heavy (non-hydrogen) atoms. The summed E-state index contributed by atoms with van der Waals surface area (Å²) in [6.45, 7) is 1.33. The summed E-state index contributed by atoms with van der Waals surface area (Å²) in [6.07, 6.45) is 8.04. The molecule has 5 nitrogen and oxygen atoms in total. The van der Waals surface area contributed by atoms with Gasteiger partial charge in [0.1, 0.15) is 5.69 Å². The summed E-state index contributed by atoms with van der Waals surface area (Å²) < 4.78 is 0. The number of carbonyl (C=O) groups excluding carboxylic acids is 1. The molecule has 2 aromatic carbocycles. The average molecular weight is 399 g/mol. The van der Waals surface area contributed by atoms with E-state index in [1.165, 1.54) is 30.2 Å². The molecule has 1 saturated heterocycles. The second kappa shape index (κ2) is 8.00. The first kappa shape index (κ1) is 18.9. The van der Waals surface area contributed by atoms with E-state index >= 15 is 0 Å². The van der Waals surface area contributed by atoms with E-state index in [2.05, 4.69) is 52.4 Å². The highest BCUT2D eigenvalue weighted by Gasteiger charge is 2.30. The zero-order chi connectivity index (χ0) is 20.5. The summed E-state index contributed by atoms with van der Waals surface area (Å²) in [7, 11) is 0. The Labute approximate surface area is 176 Å². The lowest BCUT2D eigenvalue weighted by Gasteiger charge is -2.19. The number of likely N-dealkylation sites (tertiary alicyclic amines) is 1. The van der Waals surface area contributed by atoms with Gasteiger partial charge < -0.3 is 10.0 Å². The molecule has 1 N–H and O–H groups in total. The minimum absolute atomic E-state index is 0.00335. The molecule has 5 heteroatoms. The van der Waals surface area contributed by atoms with Crippen molar-refractivity contribution >= 4 is 5.91 Å². The van der Waals surface area contributed by atoms with E-state index in [9.17, 15) is 9.90 Å². The first-order valence-corrected chi connectivity index (χ1v) is 10.6. The molecule has 1 aliphatic carbocycles. The smallest absolute Gasteiger partial charge is 0.274 e. The number of aliphatic hydroxyl groups excluding tert-OH is 1. The Balaban J connectivity index is 1.39. The average Bonchev–Trinajstić information content (AvgIpc) is 3.55. The minimum Gasteiger partial charge on any atom is -0.392 e. The van der Waals surface area contributed by atoms with Crippen molar-refractivity contribution in [2.45, 2.75) is 37.7 Å². The Morgan fingerprint density at radius 1 is 1.03 bits per heavy atom. The van der Waals surface area contributed by atoms with Gasteiger partial charge in [0.25, 0.3) is 5.91 Å². The maximum atomic E-state index is 12.7. The molecule has 1 amide bonds. The Kier molecular flexibility index (Phi) is 5.05. The SMILES string of the molecule is O=C(c1cnccn1)N1CCC(c2ccc(-c3ccccc3C3CC3)cc2CO)C1. The minimum atomic E-state index is -0.0777. The fourth-order valence-corrected chi connectivity index (χ4v) is 4.59. The van der Waals surface area contributed by atoms with Gasteiger partial charge in [0.05, 0.1) is 12.8 Å². The molecule has 3 aromatic rings. The van der Waals surface area contributed by atoms with Gasteiger partial charge in [-0.1, -0.05) is 36.4 Å². The Morgan fingerprint density at radius 2 is 1.90 bits per heavy atom. The fraction of sp³-hybridized carbons (Fsp3) is 0.320. The molecule has 1 atom stereocenters. The van der Waals surface area contributed by atoms with Crippen LogP contribution in [0.5, 0.6) is 0 Å². The molecule has 2 fully saturated rings. The molecular weight excluding hydrogens is 374 g/mol. The standard InChI is InChI=1S/C25H25N3O2/c29-16-20-13-18(23-4-2-1-3-22(23)17-5-6-17)7-8-21(20)19-9-12-28(15-19)25(30)24-14-26-10-11-27-24/h1-4,7-8,10-11,13-14,17,19,29H,5-6,9,12,15-16H2. The third-order valence-electron chi connectivity index (χ3n) is 6.30. The largest absolute Gasteiger partial charge is 0.392 e. The van der Waals surface area contributed by atoms with Crippen LogP contribution >= 0.6 is 0 Å². The molecular formula is C25H25N3O2. The van der Waals surface area contributed by atoms with Gasteiger partial charge in [0.2, 0.25) is 0 Å². The second-order valence-electron chi connectivity index (χ2n) is 8.26. The number of aliphatic hydroxyl groups is 1. The van der Waals surface area contributed by atoms with E-state index in [1.807, 2.05) is 4.90 Å². The molecule has 0 bridgehead atoms. The van der Waals surface area contributed by atoms with Crippen molar-refractivity contribution in [3.8, 4) is 11.1 Å². The number of rotatable bonds is 5. The first-order valence-electron chi connectivity index (χ1n) is 10.6. The number of benzene rings is 2. The highest BCUT2D eigenvalue weighted by Crippen LogP contribution is 2.44. The third kappa shape index (κ3) is 3.61. The predicted octanol–water partition coefficient (Wildman–Crippen LogP) is 4.14. The summed E-state index contributed by atoms with van der Waals surface area (Å²) in [5.74, 6) is 0.820. The van der Waals surface area contributed by atoms with Gasteiger partial charge in [-0.25, -0.2) is 4.98 Å². The lowest BCUT2D eigenvalue weighted by atomic mass is 9.89. The zero-order valence-corrected chi connectivity index (χ0v) is 16.9. The van der Waals surface area contributed by atoms with Crippen LogP contribution < -0.4 is 0 Å². The van der Waals surface area contributed by atoms with Crippen molar-refractivity contribution in [1.29, 1.82) is 0 Å². The number of nitrogens with zero attached hydrogens (tertiary/aromatic N) is 3. The second-order valence-corrected chi connectivity index (χ2v) is 8.26. The third-order valence-corrected chi connectivity index (χ3v) is 6.30. The van der Waals surface area contributed by atoms with E-state index in [1.54, 1.807) is 12.4 Å². The Hall–Kier alpha value is -3.05. The van der Waals surface area contributed by atoms with Gasteiger partial charge >= 0.3 is 0 Å². The molecule has 1 aliphatic heterocycles. The highest BCUT2D eigenvalue weighted by molar-refractivity contribution is 5.92. The van der Waals surface area contributed by atoms with Crippen molar-refractivity contribution in [1.82, 2.24) is 14.9 Å². The lowest BCUT2D eigenvalue weighted by molar-refractivity contribution is 0.0784. The summed E-state index contributed by atoms with van der Waals surface area (Å²) >= 11 is 0. The summed E-state index contributed by atoms with van der Waals surface area (Å²) in [4.78, 5) is 22.7. The van der Waals surface area contributed by atoms with Crippen molar-refractivity contribution < 1.29 is 9.90 Å². The molecule has 1 saturated carbocycles. The van der Waals surface area contributed by atoms with Crippen LogP contribution in [0.3, 0.4) is 0 Å². The molecule has 152 valence electrons. The maximum absolute atomic E-state index is 12.7. The van der Waals surface area contributed by atoms with E-state index in [4.69, 9.17) is 0 Å². The first-order chi connectivity index (χ1) is 14.7. The maximum Gasteiger partial charge on any atom is 0.274 e. The van der Waals surface area contributed by atoms with Gasteiger partial charge in [-0.05, 0) is 59.1 Å².